The van der Waals surface area contributed by atoms with Crippen LogP contribution in [-0.2, 0) is 27.0 Å². The third kappa shape index (κ3) is 7.59. The van der Waals surface area contributed by atoms with Crippen LogP contribution in [0.15, 0.2) is 54.6 Å². The standard InChI is InChI=1S/C34H39F6NO5/c1-6-10-23-20-26(32(44,33(35,36)37)34(38,39)40)21-24(11-7-2)29(23)45-19-9-8-18-41-28(42)16-17-31(5,30(41)43)25-12-14-27(15-13-25)46-22(3)4/h6,10,12-17,20-22,44H,7-9,11,18-19H2,1-5H3/b10-6+. The summed E-state index contributed by atoms with van der Waals surface area (Å²) in [5.41, 5.74) is -6.81. The number of allylic oxidation sites excluding steroid dienone is 1. The monoisotopic (exact) mass is 655 g/mol. The fraction of sp³-hybridized carbons (Fsp3) is 0.471. The minimum absolute atomic E-state index is 0.00403. The van der Waals surface area contributed by atoms with E-state index in [1.807, 2.05) is 13.8 Å². The number of halogens is 6. The van der Waals surface area contributed by atoms with Crippen LogP contribution in [0.25, 0.3) is 6.08 Å². The lowest BCUT2D eigenvalue weighted by atomic mass is 9.79. The van der Waals surface area contributed by atoms with Gasteiger partial charge in [-0.15, -0.1) is 0 Å². The van der Waals surface area contributed by atoms with Gasteiger partial charge in [0.2, 0.25) is 5.91 Å². The second-order valence-corrected chi connectivity index (χ2v) is 11.6. The summed E-state index contributed by atoms with van der Waals surface area (Å²) in [5, 5.41) is 10.0. The Morgan fingerprint density at radius 1 is 1.00 bits per heavy atom. The van der Waals surface area contributed by atoms with Crippen LogP contribution in [0.5, 0.6) is 11.5 Å². The van der Waals surface area contributed by atoms with Crippen LogP contribution in [0.2, 0.25) is 0 Å². The first-order chi connectivity index (χ1) is 21.4. The molecular weight excluding hydrogens is 616 g/mol. The Morgan fingerprint density at radius 3 is 2.17 bits per heavy atom. The maximum atomic E-state index is 13.6. The van der Waals surface area contributed by atoms with E-state index in [0.29, 0.717) is 42.7 Å². The highest BCUT2D eigenvalue weighted by Gasteiger charge is 2.71. The summed E-state index contributed by atoms with van der Waals surface area (Å²) in [6.45, 7) is 8.83. The molecule has 2 aromatic rings. The molecule has 2 aromatic carbocycles. The molecule has 0 fully saturated rings. The average Bonchev–Trinajstić information content (AvgIpc) is 2.96. The molecule has 0 aromatic heterocycles. The number of carbonyl (C=O) groups is 2. The van der Waals surface area contributed by atoms with Gasteiger partial charge >= 0.3 is 12.4 Å². The molecule has 46 heavy (non-hydrogen) atoms. The maximum absolute atomic E-state index is 13.6. The van der Waals surface area contributed by atoms with Gasteiger partial charge in [0.05, 0.1) is 18.1 Å². The molecule has 0 saturated heterocycles. The molecule has 0 spiro atoms. The van der Waals surface area contributed by atoms with E-state index in [1.54, 1.807) is 44.2 Å². The Morgan fingerprint density at radius 2 is 1.63 bits per heavy atom. The van der Waals surface area contributed by atoms with E-state index in [-0.39, 0.29) is 42.6 Å². The average molecular weight is 656 g/mol. The number of hydrogen-bond acceptors (Lipinski definition) is 5. The van der Waals surface area contributed by atoms with Crippen molar-refractivity contribution in [3.63, 3.8) is 0 Å². The molecule has 1 N–H and O–H groups in total. The molecule has 1 aliphatic heterocycles. The highest BCUT2D eigenvalue weighted by atomic mass is 19.4. The minimum atomic E-state index is -6.02. The molecule has 12 heteroatoms. The van der Waals surface area contributed by atoms with Crippen LogP contribution in [0.3, 0.4) is 0 Å². The number of aryl methyl sites for hydroxylation is 1. The zero-order valence-corrected chi connectivity index (χ0v) is 26.4. The van der Waals surface area contributed by atoms with Crippen LogP contribution in [-0.4, -0.2) is 53.4 Å². The lowest BCUT2D eigenvalue weighted by Gasteiger charge is -2.34. The summed E-state index contributed by atoms with van der Waals surface area (Å²) >= 11 is 0. The Bertz CT molecular complexity index is 1430. The maximum Gasteiger partial charge on any atom is 0.430 e. The van der Waals surface area contributed by atoms with Gasteiger partial charge in [-0.25, -0.2) is 0 Å². The molecular formula is C34H39F6NO5. The molecule has 0 aliphatic carbocycles. The van der Waals surface area contributed by atoms with Crippen LogP contribution in [0.1, 0.15) is 76.1 Å². The van der Waals surface area contributed by atoms with E-state index >= 15 is 0 Å². The number of aliphatic hydroxyl groups is 1. The third-order valence-corrected chi connectivity index (χ3v) is 7.66. The van der Waals surface area contributed by atoms with E-state index in [0.717, 1.165) is 4.90 Å². The van der Waals surface area contributed by atoms with Gasteiger partial charge in [-0.1, -0.05) is 43.7 Å². The molecule has 6 nitrogen and oxygen atoms in total. The number of rotatable bonds is 13. The summed E-state index contributed by atoms with van der Waals surface area (Å²) in [7, 11) is 0. The normalized spacial score (nSPS) is 17.8. The van der Waals surface area contributed by atoms with Gasteiger partial charge in [-0.3, -0.25) is 14.5 Å². The molecule has 1 heterocycles. The Labute approximate surface area is 264 Å². The molecule has 2 amide bonds. The van der Waals surface area contributed by atoms with Gasteiger partial charge in [-0.05, 0) is 82.3 Å². The van der Waals surface area contributed by atoms with Gasteiger partial charge in [0.1, 0.15) is 11.5 Å². The van der Waals surface area contributed by atoms with Crippen LogP contribution < -0.4 is 9.47 Å². The van der Waals surface area contributed by atoms with E-state index in [1.165, 1.54) is 25.2 Å². The number of unbranched alkanes of at least 4 members (excludes halogenated alkanes) is 1. The zero-order valence-electron chi connectivity index (χ0n) is 26.4. The molecule has 1 unspecified atom stereocenters. The zero-order chi connectivity index (χ0) is 34.5. The third-order valence-electron chi connectivity index (χ3n) is 7.66. The molecule has 0 radical (unpaired) electrons. The van der Waals surface area contributed by atoms with Gasteiger partial charge in [0.15, 0.2) is 0 Å². The first kappa shape index (κ1) is 36.7. The largest absolute Gasteiger partial charge is 0.493 e. The van der Waals surface area contributed by atoms with Crippen molar-refractivity contribution in [2.45, 2.75) is 89.8 Å². The fourth-order valence-electron chi connectivity index (χ4n) is 5.25. The highest BCUT2D eigenvalue weighted by molar-refractivity contribution is 6.09. The van der Waals surface area contributed by atoms with Gasteiger partial charge in [0.25, 0.3) is 11.5 Å². The highest BCUT2D eigenvalue weighted by Crippen LogP contribution is 2.51. The van der Waals surface area contributed by atoms with Crippen molar-refractivity contribution in [1.29, 1.82) is 0 Å². The number of alkyl halides is 6. The second-order valence-electron chi connectivity index (χ2n) is 11.6. The summed E-state index contributed by atoms with van der Waals surface area (Å²) < 4.78 is 93.4. The number of nitrogens with zero attached hydrogens (tertiary/aromatic N) is 1. The first-order valence-corrected chi connectivity index (χ1v) is 15.0. The van der Waals surface area contributed by atoms with Crippen LogP contribution in [0.4, 0.5) is 26.3 Å². The van der Waals surface area contributed by atoms with E-state index in [4.69, 9.17) is 9.47 Å². The van der Waals surface area contributed by atoms with Crippen LogP contribution >= 0.6 is 0 Å². The van der Waals surface area contributed by atoms with Crippen molar-refractivity contribution in [2.24, 2.45) is 0 Å². The topological polar surface area (TPSA) is 76.1 Å². The first-order valence-electron chi connectivity index (χ1n) is 15.0. The van der Waals surface area contributed by atoms with Gasteiger partial charge < -0.3 is 14.6 Å². The van der Waals surface area contributed by atoms with Crippen molar-refractivity contribution in [1.82, 2.24) is 4.90 Å². The summed E-state index contributed by atoms with van der Waals surface area (Å²) in [5.74, 6) is -0.133. The van der Waals surface area contributed by atoms with E-state index in [9.17, 15) is 41.0 Å². The van der Waals surface area contributed by atoms with Crippen molar-refractivity contribution in [3.8, 4) is 11.5 Å². The molecule has 1 aliphatic rings. The number of ether oxygens (including phenoxy) is 2. The summed E-state index contributed by atoms with van der Waals surface area (Å²) in [6.07, 6.45) is -5.30. The lowest BCUT2D eigenvalue weighted by molar-refractivity contribution is -0.376. The Kier molecular flexibility index (Phi) is 11.4. The SMILES string of the molecule is C/C=C/c1cc(C(O)(C(F)(F)F)C(F)(F)F)cc(CCC)c1OCCCCN1C(=O)C=CC(C)(c2ccc(OC(C)C)cc2)C1=O. The van der Waals surface area contributed by atoms with E-state index in [2.05, 4.69) is 0 Å². The minimum Gasteiger partial charge on any atom is -0.493 e. The predicted octanol–water partition coefficient (Wildman–Crippen LogP) is 7.81. The van der Waals surface area contributed by atoms with Crippen molar-refractivity contribution >= 4 is 17.9 Å². The van der Waals surface area contributed by atoms with Gasteiger partial charge in [0, 0.05) is 23.7 Å². The number of amides is 2. The second kappa shape index (κ2) is 14.3. The molecule has 252 valence electrons. The Balaban J connectivity index is 1.76. The quantitative estimate of drug-likeness (QED) is 0.135. The number of imide groups is 1. The number of benzene rings is 2. The molecule has 3 rings (SSSR count). The fourth-order valence-corrected chi connectivity index (χ4v) is 5.25. The Hall–Kier alpha value is -3.80. The molecule has 1 atom stereocenters. The van der Waals surface area contributed by atoms with Gasteiger partial charge in [-0.2, -0.15) is 26.3 Å². The lowest BCUT2D eigenvalue weighted by Crippen LogP contribution is -2.54. The number of hydrogen-bond donors (Lipinski definition) is 1. The van der Waals surface area contributed by atoms with Crippen molar-refractivity contribution < 1.29 is 50.5 Å². The van der Waals surface area contributed by atoms with Crippen molar-refractivity contribution in [3.05, 3.63) is 76.9 Å². The smallest absolute Gasteiger partial charge is 0.430 e. The van der Waals surface area contributed by atoms with E-state index < -0.39 is 40.7 Å². The summed E-state index contributed by atoms with van der Waals surface area (Å²) in [6, 6.07) is 8.38. The number of carbonyl (C=O) groups excluding carboxylic acids is 2. The van der Waals surface area contributed by atoms with Crippen LogP contribution in [0, 0.1) is 0 Å². The van der Waals surface area contributed by atoms with Crippen molar-refractivity contribution in [2.75, 3.05) is 13.2 Å². The molecule has 0 saturated carbocycles. The summed E-state index contributed by atoms with van der Waals surface area (Å²) in [4.78, 5) is 27.3. The molecule has 0 bridgehead atoms. The predicted molar refractivity (Wildman–Crippen MR) is 161 cm³/mol.